The number of alkyl halides is 1. The van der Waals surface area contributed by atoms with Crippen LogP contribution >= 0.6 is 19.4 Å². The summed E-state index contributed by atoms with van der Waals surface area (Å²) in [6.07, 6.45) is -2.96. The molecule has 0 aliphatic carbocycles. The third-order valence-corrected chi connectivity index (χ3v) is 8.38. The highest BCUT2D eigenvalue weighted by Crippen LogP contribution is 2.58. The van der Waals surface area contributed by atoms with Crippen molar-refractivity contribution in [3.63, 3.8) is 0 Å². The molecular formula is C25H30ClFN5O8P. The number of anilines is 1. The molecule has 16 heteroatoms. The number of fused-ring (bicyclic) bond motifs is 1. The SMILES string of the molecule is CCOc1nc(N)nc2c1ncn2[C@@H]1O[C@H](CO[P@@]2(=O)OCC[C@@H](c3cccc(Cl)c3)O2)[C@@H](OC(=O)CC)[C@@]1(C)F. The highest BCUT2D eigenvalue weighted by Gasteiger charge is 2.59. The number of phosphoric acid groups is 1. The number of ether oxygens (including phenoxy) is 3. The molecule has 5 rings (SSSR count). The molecule has 0 unspecified atom stereocenters. The summed E-state index contributed by atoms with van der Waals surface area (Å²) in [6.45, 7) is 4.45. The number of carbonyl (C=O) groups excluding carboxylic acids is 1. The Morgan fingerprint density at radius 3 is 2.88 bits per heavy atom. The van der Waals surface area contributed by atoms with Crippen molar-refractivity contribution in [2.45, 2.75) is 63.8 Å². The summed E-state index contributed by atoms with van der Waals surface area (Å²) in [5.74, 6) is -0.652. The van der Waals surface area contributed by atoms with Gasteiger partial charge in [-0.05, 0) is 31.5 Å². The number of nitrogen functional groups attached to an aromatic ring is 1. The summed E-state index contributed by atoms with van der Waals surface area (Å²) >= 11 is 6.10. The number of phosphoric ester groups is 1. The predicted octanol–water partition coefficient (Wildman–Crippen LogP) is 4.71. The Hall–Kier alpha value is -2.87. The van der Waals surface area contributed by atoms with Gasteiger partial charge in [0, 0.05) is 17.9 Å². The average Bonchev–Trinajstić information content (AvgIpc) is 3.45. The summed E-state index contributed by atoms with van der Waals surface area (Å²) in [5, 5.41) is 0.494. The Morgan fingerprint density at radius 1 is 1.34 bits per heavy atom. The molecule has 6 atom stereocenters. The first-order valence-electron chi connectivity index (χ1n) is 13.0. The van der Waals surface area contributed by atoms with Gasteiger partial charge in [-0.15, -0.1) is 0 Å². The zero-order valence-electron chi connectivity index (χ0n) is 22.6. The van der Waals surface area contributed by atoms with Crippen molar-refractivity contribution in [3.8, 4) is 5.88 Å². The Balaban J connectivity index is 1.40. The minimum atomic E-state index is -4.11. The minimum Gasteiger partial charge on any atom is -0.476 e. The summed E-state index contributed by atoms with van der Waals surface area (Å²) in [4.78, 5) is 24.8. The molecule has 2 saturated heterocycles. The number of hydrogen-bond donors (Lipinski definition) is 1. The third kappa shape index (κ3) is 6.04. The second-order valence-corrected chi connectivity index (χ2v) is 11.7. The third-order valence-electron chi connectivity index (χ3n) is 6.67. The van der Waals surface area contributed by atoms with E-state index in [1.54, 1.807) is 38.1 Å². The molecule has 0 saturated carbocycles. The second kappa shape index (κ2) is 11.8. The smallest absolute Gasteiger partial charge is 0.475 e. The zero-order chi connectivity index (χ0) is 29.4. The summed E-state index contributed by atoms with van der Waals surface area (Å²) in [6, 6.07) is 6.94. The highest BCUT2D eigenvalue weighted by atomic mass is 35.5. The molecule has 0 amide bonds. The lowest BCUT2D eigenvalue weighted by molar-refractivity contribution is -0.158. The van der Waals surface area contributed by atoms with Gasteiger partial charge in [0.15, 0.2) is 29.2 Å². The number of aromatic nitrogens is 4. The van der Waals surface area contributed by atoms with Gasteiger partial charge in [0.1, 0.15) is 6.10 Å². The molecule has 13 nitrogen and oxygen atoms in total. The van der Waals surface area contributed by atoms with Gasteiger partial charge < -0.3 is 19.9 Å². The van der Waals surface area contributed by atoms with Crippen LogP contribution in [0.2, 0.25) is 5.02 Å². The first-order chi connectivity index (χ1) is 19.5. The fourth-order valence-electron chi connectivity index (χ4n) is 4.75. The van der Waals surface area contributed by atoms with Crippen molar-refractivity contribution >= 4 is 42.5 Å². The van der Waals surface area contributed by atoms with E-state index < -0.39 is 50.6 Å². The number of benzene rings is 1. The highest BCUT2D eigenvalue weighted by molar-refractivity contribution is 7.48. The number of halogens is 2. The van der Waals surface area contributed by atoms with E-state index in [0.717, 1.165) is 0 Å². The van der Waals surface area contributed by atoms with Gasteiger partial charge in [-0.1, -0.05) is 30.7 Å². The second-order valence-electron chi connectivity index (χ2n) is 9.60. The lowest BCUT2D eigenvalue weighted by Crippen LogP contribution is -2.44. The van der Waals surface area contributed by atoms with Crippen LogP contribution in [-0.4, -0.2) is 63.2 Å². The van der Waals surface area contributed by atoms with Crippen LogP contribution in [0.3, 0.4) is 0 Å². The topological polar surface area (TPSA) is 159 Å². The molecule has 0 radical (unpaired) electrons. The molecule has 2 aromatic heterocycles. The van der Waals surface area contributed by atoms with Gasteiger partial charge in [-0.25, -0.2) is 13.9 Å². The van der Waals surface area contributed by atoms with Crippen molar-refractivity contribution in [1.29, 1.82) is 0 Å². The van der Waals surface area contributed by atoms with E-state index in [-0.39, 0.29) is 42.6 Å². The molecule has 4 heterocycles. The Labute approximate surface area is 240 Å². The van der Waals surface area contributed by atoms with Crippen LogP contribution < -0.4 is 10.5 Å². The molecule has 3 aromatic rings. The molecular weight excluding hydrogens is 584 g/mol. The van der Waals surface area contributed by atoms with E-state index in [0.29, 0.717) is 17.0 Å². The first-order valence-corrected chi connectivity index (χ1v) is 14.9. The van der Waals surface area contributed by atoms with Crippen molar-refractivity contribution in [3.05, 3.63) is 41.2 Å². The summed E-state index contributed by atoms with van der Waals surface area (Å²) in [7, 11) is -4.11. The monoisotopic (exact) mass is 613 g/mol. The van der Waals surface area contributed by atoms with E-state index >= 15 is 4.39 Å². The number of nitrogens with zero attached hydrogens (tertiary/aromatic N) is 4. The molecule has 222 valence electrons. The lowest BCUT2D eigenvalue weighted by atomic mass is 9.98. The van der Waals surface area contributed by atoms with E-state index in [2.05, 4.69) is 15.0 Å². The molecule has 41 heavy (non-hydrogen) atoms. The number of imidazole rings is 1. The molecule has 2 fully saturated rings. The average molecular weight is 614 g/mol. The van der Waals surface area contributed by atoms with Crippen molar-refractivity contribution in [2.24, 2.45) is 0 Å². The van der Waals surface area contributed by atoms with Crippen LogP contribution in [0, 0.1) is 0 Å². The van der Waals surface area contributed by atoms with Gasteiger partial charge in [-0.2, -0.15) is 9.97 Å². The summed E-state index contributed by atoms with van der Waals surface area (Å²) < 4.78 is 65.0. The number of nitrogens with two attached hydrogens (primary N) is 1. The van der Waals surface area contributed by atoms with Gasteiger partial charge in [-0.3, -0.25) is 22.9 Å². The Kier molecular flexibility index (Phi) is 8.51. The van der Waals surface area contributed by atoms with Gasteiger partial charge >= 0.3 is 13.8 Å². The van der Waals surface area contributed by atoms with Crippen molar-refractivity contribution in [2.75, 3.05) is 25.6 Å². The van der Waals surface area contributed by atoms with Crippen molar-refractivity contribution in [1.82, 2.24) is 19.5 Å². The quantitative estimate of drug-likeness (QED) is 0.262. The Bertz CT molecular complexity index is 1480. The van der Waals surface area contributed by atoms with Crippen LogP contribution in [0.5, 0.6) is 5.88 Å². The van der Waals surface area contributed by atoms with Crippen molar-refractivity contribution < 1.29 is 41.5 Å². The number of esters is 1. The van der Waals surface area contributed by atoms with Crippen LogP contribution in [0.15, 0.2) is 30.6 Å². The maximum atomic E-state index is 16.6. The Morgan fingerprint density at radius 2 is 2.15 bits per heavy atom. The number of carbonyl (C=O) groups is 1. The largest absolute Gasteiger partial charge is 0.476 e. The molecule has 0 spiro atoms. The molecule has 2 aliphatic heterocycles. The normalized spacial score (nSPS) is 30.0. The fraction of sp³-hybridized carbons (Fsp3) is 0.520. The fourth-order valence-corrected chi connectivity index (χ4v) is 6.34. The molecule has 2 aliphatic rings. The number of hydrogen-bond acceptors (Lipinski definition) is 12. The van der Waals surface area contributed by atoms with Crippen LogP contribution in [0.1, 0.15) is 51.5 Å². The predicted molar refractivity (Wildman–Crippen MR) is 144 cm³/mol. The zero-order valence-corrected chi connectivity index (χ0v) is 24.2. The lowest BCUT2D eigenvalue weighted by Gasteiger charge is -2.30. The van der Waals surface area contributed by atoms with Crippen LogP contribution in [0.25, 0.3) is 11.2 Å². The molecule has 2 N–H and O–H groups in total. The standard InChI is InChI=1S/C25H30ClFN5O8P/c1-4-18(33)39-20-17(12-37-41(34)36-10-9-16(40-41)14-7-6-8-15(26)11-14)38-23(25(20,3)27)32-13-29-19-21(32)30-24(28)31-22(19)35-5-2/h6-8,11,13,16-17,20,23H,4-5,9-10,12H2,1-3H3,(H2,28,30,31)/t16-,17+,20+,23+,25+,41+/m0/s1. The van der Waals surface area contributed by atoms with Gasteiger partial charge in [0.2, 0.25) is 11.8 Å². The van der Waals surface area contributed by atoms with Gasteiger partial charge in [0.05, 0.1) is 32.3 Å². The maximum absolute atomic E-state index is 16.6. The van der Waals surface area contributed by atoms with E-state index in [4.69, 9.17) is 45.1 Å². The number of rotatable bonds is 9. The van der Waals surface area contributed by atoms with E-state index in [9.17, 15) is 9.36 Å². The molecule has 0 bridgehead atoms. The van der Waals surface area contributed by atoms with Crippen LogP contribution in [0.4, 0.5) is 10.3 Å². The van der Waals surface area contributed by atoms with E-state index in [1.165, 1.54) is 17.8 Å². The van der Waals surface area contributed by atoms with Crippen LogP contribution in [-0.2, 0) is 32.4 Å². The maximum Gasteiger partial charge on any atom is 0.475 e. The first kappa shape index (κ1) is 29.6. The van der Waals surface area contributed by atoms with Gasteiger partial charge in [0.25, 0.3) is 0 Å². The molecule has 1 aromatic carbocycles. The summed E-state index contributed by atoms with van der Waals surface area (Å²) in [5.41, 5.74) is 4.63. The van der Waals surface area contributed by atoms with E-state index in [1.807, 2.05) is 0 Å². The minimum absolute atomic E-state index is 0.00760.